The van der Waals surface area contributed by atoms with Gasteiger partial charge in [0, 0.05) is 11.6 Å². The lowest BCUT2D eigenvalue weighted by molar-refractivity contribution is -0.112. The number of benzene rings is 1. The molecule has 0 aliphatic carbocycles. The summed E-state index contributed by atoms with van der Waals surface area (Å²) in [6, 6.07) is 8.95. The molecule has 0 bridgehead atoms. The van der Waals surface area contributed by atoms with Crippen LogP contribution in [0.4, 0.5) is 0 Å². The molecule has 1 rings (SSSR count). The Hall–Kier alpha value is -1.57. The van der Waals surface area contributed by atoms with Crippen molar-refractivity contribution in [3.05, 3.63) is 42.0 Å². The monoisotopic (exact) mass is 162 g/mol. The normalized spacial score (nSPS) is 11.2. The van der Waals surface area contributed by atoms with Crippen LogP contribution in [-0.2, 0) is 4.79 Å². The number of carbonyl (C=O) groups excluding carboxylic acids is 1. The van der Waals surface area contributed by atoms with Gasteiger partial charge in [-0.2, -0.15) is 0 Å². The fourth-order valence-electron chi connectivity index (χ4n) is 0.885. The van der Waals surface area contributed by atoms with Gasteiger partial charge in [0.2, 0.25) is 0 Å². The largest absolute Gasteiger partial charge is 0.507 e. The molecular formula is C10H10O2. The van der Waals surface area contributed by atoms with Crippen LogP contribution in [0, 0.1) is 0 Å². The lowest BCUT2D eigenvalue weighted by Gasteiger charge is -1.96. The van der Waals surface area contributed by atoms with Crippen molar-refractivity contribution in [2.24, 2.45) is 0 Å². The Kier molecular flexibility index (Phi) is 2.64. The minimum absolute atomic E-state index is 0.0168. The maximum absolute atomic E-state index is 10.6. The van der Waals surface area contributed by atoms with E-state index in [0.717, 1.165) is 0 Å². The molecule has 0 aliphatic rings. The molecule has 1 aromatic carbocycles. The molecule has 0 amide bonds. The number of hydrogen-bond donors (Lipinski definition) is 1. The third-order valence-corrected chi connectivity index (χ3v) is 1.41. The van der Waals surface area contributed by atoms with Gasteiger partial charge in [-0.05, 0) is 6.92 Å². The Labute approximate surface area is 71.2 Å². The lowest BCUT2D eigenvalue weighted by Crippen LogP contribution is -1.87. The Bertz CT molecular complexity index is 299. The van der Waals surface area contributed by atoms with Crippen LogP contribution in [0.3, 0.4) is 0 Å². The van der Waals surface area contributed by atoms with E-state index in [4.69, 9.17) is 0 Å². The number of aliphatic hydroxyl groups excluding tert-OH is 1. The van der Waals surface area contributed by atoms with E-state index in [1.165, 1.54) is 13.0 Å². The number of ketones is 1. The molecule has 0 heterocycles. The van der Waals surface area contributed by atoms with Crippen LogP contribution in [0.5, 0.6) is 0 Å². The zero-order chi connectivity index (χ0) is 8.97. The molecule has 0 spiro atoms. The van der Waals surface area contributed by atoms with Crippen LogP contribution < -0.4 is 0 Å². The molecule has 1 aromatic rings. The van der Waals surface area contributed by atoms with Crippen molar-refractivity contribution in [1.29, 1.82) is 0 Å². The molecule has 2 heteroatoms. The zero-order valence-corrected chi connectivity index (χ0v) is 6.82. The molecule has 0 unspecified atom stereocenters. The predicted octanol–water partition coefficient (Wildman–Crippen LogP) is 2.17. The van der Waals surface area contributed by atoms with Crippen molar-refractivity contribution in [3.8, 4) is 0 Å². The van der Waals surface area contributed by atoms with E-state index in [1.54, 1.807) is 24.3 Å². The van der Waals surface area contributed by atoms with Crippen LogP contribution in [0.25, 0.3) is 5.76 Å². The van der Waals surface area contributed by atoms with Crippen molar-refractivity contribution in [1.82, 2.24) is 0 Å². The van der Waals surface area contributed by atoms with Gasteiger partial charge in [0.1, 0.15) is 5.76 Å². The Morgan fingerprint density at radius 3 is 2.42 bits per heavy atom. The standard InChI is InChI=1S/C10H10O2/c1-8(11)7-10(12)9-5-3-2-4-6-9/h2-7,12H,1H3/b10-7-. The van der Waals surface area contributed by atoms with Crippen LogP contribution in [-0.4, -0.2) is 10.9 Å². The SMILES string of the molecule is CC(=O)/C=C(\O)c1ccccc1. The second-order valence-corrected chi connectivity index (χ2v) is 2.51. The highest BCUT2D eigenvalue weighted by atomic mass is 16.3. The lowest BCUT2D eigenvalue weighted by atomic mass is 10.1. The van der Waals surface area contributed by atoms with E-state index < -0.39 is 0 Å². The fraction of sp³-hybridized carbons (Fsp3) is 0.100. The molecule has 1 N–H and O–H groups in total. The number of hydrogen-bond acceptors (Lipinski definition) is 2. The van der Waals surface area contributed by atoms with E-state index in [-0.39, 0.29) is 11.5 Å². The second-order valence-electron chi connectivity index (χ2n) is 2.51. The zero-order valence-electron chi connectivity index (χ0n) is 6.82. The summed E-state index contributed by atoms with van der Waals surface area (Å²) < 4.78 is 0. The molecule has 0 radical (unpaired) electrons. The van der Waals surface area contributed by atoms with E-state index >= 15 is 0 Å². The minimum atomic E-state index is -0.156. The molecule has 12 heavy (non-hydrogen) atoms. The second kappa shape index (κ2) is 3.72. The van der Waals surface area contributed by atoms with Gasteiger partial charge in [0.15, 0.2) is 5.78 Å². The summed E-state index contributed by atoms with van der Waals surface area (Å²) in [6.07, 6.45) is 1.20. The van der Waals surface area contributed by atoms with Crippen molar-refractivity contribution in [2.45, 2.75) is 6.92 Å². The number of allylic oxidation sites excluding steroid dienone is 1. The maximum Gasteiger partial charge on any atom is 0.156 e. The Morgan fingerprint density at radius 1 is 1.33 bits per heavy atom. The van der Waals surface area contributed by atoms with Crippen LogP contribution >= 0.6 is 0 Å². The van der Waals surface area contributed by atoms with Crippen molar-refractivity contribution < 1.29 is 9.90 Å². The smallest absolute Gasteiger partial charge is 0.156 e. The van der Waals surface area contributed by atoms with Crippen LogP contribution in [0.15, 0.2) is 36.4 Å². The molecule has 0 aliphatic heterocycles. The summed E-state index contributed by atoms with van der Waals surface area (Å²) in [7, 11) is 0. The molecule has 0 atom stereocenters. The van der Waals surface area contributed by atoms with E-state index in [9.17, 15) is 9.90 Å². The van der Waals surface area contributed by atoms with Gasteiger partial charge in [0.25, 0.3) is 0 Å². The molecule has 0 saturated carbocycles. The third kappa shape index (κ3) is 2.23. The highest BCUT2D eigenvalue weighted by Gasteiger charge is 1.97. The molecule has 0 fully saturated rings. The first-order chi connectivity index (χ1) is 5.70. The average molecular weight is 162 g/mol. The quantitative estimate of drug-likeness (QED) is 0.534. The molecule has 62 valence electrons. The minimum Gasteiger partial charge on any atom is -0.507 e. The molecule has 2 nitrogen and oxygen atoms in total. The van der Waals surface area contributed by atoms with Gasteiger partial charge < -0.3 is 5.11 Å². The van der Waals surface area contributed by atoms with E-state index in [0.29, 0.717) is 5.56 Å². The molecular weight excluding hydrogens is 152 g/mol. The van der Waals surface area contributed by atoms with E-state index in [2.05, 4.69) is 0 Å². The van der Waals surface area contributed by atoms with Gasteiger partial charge >= 0.3 is 0 Å². The molecule has 0 saturated heterocycles. The summed E-state index contributed by atoms with van der Waals surface area (Å²) in [4.78, 5) is 10.6. The fourth-order valence-corrected chi connectivity index (χ4v) is 0.885. The first kappa shape index (κ1) is 8.53. The van der Waals surface area contributed by atoms with Crippen molar-refractivity contribution >= 4 is 11.5 Å². The summed E-state index contributed by atoms with van der Waals surface area (Å²) >= 11 is 0. The van der Waals surface area contributed by atoms with Gasteiger partial charge in [0.05, 0.1) is 0 Å². The number of rotatable bonds is 2. The molecule has 0 aromatic heterocycles. The van der Waals surface area contributed by atoms with Gasteiger partial charge in [-0.1, -0.05) is 30.3 Å². The predicted molar refractivity (Wildman–Crippen MR) is 47.7 cm³/mol. The van der Waals surface area contributed by atoms with Crippen molar-refractivity contribution in [3.63, 3.8) is 0 Å². The van der Waals surface area contributed by atoms with Crippen molar-refractivity contribution in [2.75, 3.05) is 0 Å². The number of carbonyl (C=O) groups is 1. The summed E-state index contributed by atoms with van der Waals surface area (Å²) in [5.74, 6) is -0.139. The summed E-state index contributed by atoms with van der Waals surface area (Å²) in [5.41, 5.74) is 0.660. The Balaban J connectivity index is 2.93. The highest BCUT2D eigenvalue weighted by Crippen LogP contribution is 2.09. The van der Waals surface area contributed by atoms with Gasteiger partial charge in [-0.3, -0.25) is 4.79 Å². The third-order valence-electron chi connectivity index (χ3n) is 1.41. The van der Waals surface area contributed by atoms with Crippen LogP contribution in [0.2, 0.25) is 0 Å². The van der Waals surface area contributed by atoms with Crippen LogP contribution in [0.1, 0.15) is 12.5 Å². The summed E-state index contributed by atoms with van der Waals surface area (Å²) in [6.45, 7) is 1.40. The first-order valence-corrected chi connectivity index (χ1v) is 3.67. The van der Waals surface area contributed by atoms with Gasteiger partial charge in [-0.15, -0.1) is 0 Å². The number of aliphatic hydroxyl groups is 1. The van der Waals surface area contributed by atoms with E-state index in [1.807, 2.05) is 6.07 Å². The van der Waals surface area contributed by atoms with Gasteiger partial charge in [-0.25, -0.2) is 0 Å². The Morgan fingerprint density at radius 2 is 1.92 bits per heavy atom. The average Bonchev–Trinajstić information content (AvgIpc) is 2.05. The first-order valence-electron chi connectivity index (χ1n) is 3.67. The maximum atomic E-state index is 10.6. The highest BCUT2D eigenvalue weighted by molar-refractivity contribution is 5.93. The topological polar surface area (TPSA) is 37.3 Å². The summed E-state index contributed by atoms with van der Waals surface area (Å²) in [5, 5.41) is 9.33.